The summed E-state index contributed by atoms with van der Waals surface area (Å²) in [5, 5.41) is 2.73. The predicted molar refractivity (Wildman–Crippen MR) is 38.6 cm³/mol. The highest BCUT2D eigenvalue weighted by Crippen LogP contribution is 1.95. The van der Waals surface area contributed by atoms with Crippen LogP contribution in [-0.2, 0) is 9.53 Å². The first-order chi connectivity index (χ1) is 5.27. The van der Waals surface area contributed by atoms with Gasteiger partial charge in [-0.1, -0.05) is 0 Å². The Balaban J connectivity index is 2.41. The fourth-order valence-electron chi connectivity index (χ4n) is 0.802. The molecule has 11 heavy (non-hydrogen) atoms. The monoisotopic (exact) mass is 158 g/mol. The van der Waals surface area contributed by atoms with E-state index in [4.69, 9.17) is 5.84 Å². The van der Waals surface area contributed by atoms with E-state index in [1.165, 1.54) is 7.11 Å². The van der Waals surface area contributed by atoms with Crippen LogP contribution in [0, 0.1) is 0 Å². The maximum atomic E-state index is 10.8. The lowest BCUT2D eigenvalue weighted by Gasteiger charge is -2.07. The van der Waals surface area contributed by atoms with E-state index in [-0.39, 0.29) is 5.97 Å². The Bertz CT molecular complexity index is 191. The van der Waals surface area contributed by atoms with Crippen LogP contribution < -0.4 is 16.6 Å². The Hall–Kier alpha value is -1.30. The van der Waals surface area contributed by atoms with E-state index < -0.39 is 6.04 Å². The van der Waals surface area contributed by atoms with Crippen LogP contribution in [0.3, 0.4) is 0 Å². The number of guanidine groups is 1. The van der Waals surface area contributed by atoms with Crippen LogP contribution in [0.1, 0.15) is 0 Å². The second-order valence-electron chi connectivity index (χ2n) is 2.05. The van der Waals surface area contributed by atoms with Gasteiger partial charge < -0.3 is 10.1 Å². The molecule has 62 valence electrons. The minimum absolute atomic E-state index is 0.334. The molecule has 0 saturated heterocycles. The van der Waals surface area contributed by atoms with Crippen molar-refractivity contribution in [3.8, 4) is 0 Å². The van der Waals surface area contributed by atoms with Crippen LogP contribution in [0.2, 0.25) is 0 Å². The van der Waals surface area contributed by atoms with Gasteiger partial charge in [0, 0.05) is 0 Å². The highest BCUT2D eigenvalue weighted by atomic mass is 16.5. The highest BCUT2D eigenvalue weighted by molar-refractivity contribution is 5.89. The van der Waals surface area contributed by atoms with Crippen LogP contribution in [0.25, 0.3) is 0 Å². The number of carbonyl (C=O) groups is 1. The smallest absolute Gasteiger partial charge is 0.330 e. The number of hydrazine groups is 1. The molecule has 4 N–H and O–H groups in total. The largest absolute Gasteiger partial charge is 0.467 e. The first-order valence-corrected chi connectivity index (χ1v) is 3.13. The normalized spacial score (nSPS) is 22.0. The number of nitrogens with two attached hydrogens (primary N) is 1. The molecular formula is C5H10N4O2. The van der Waals surface area contributed by atoms with Gasteiger partial charge in [0.25, 0.3) is 0 Å². The summed E-state index contributed by atoms with van der Waals surface area (Å²) in [5.74, 6) is 5.12. The molecule has 0 saturated carbocycles. The lowest BCUT2D eigenvalue weighted by Crippen LogP contribution is -2.45. The Labute approximate surface area is 63.8 Å². The molecule has 0 aromatic rings. The van der Waals surface area contributed by atoms with Crippen LogP contribution >= 0.6 is 0 Å². The van der Waals surface area contributed by atoms with E-state index in [9.17, 15) is 4.79 Å². The van der Waals surface area contributed by atoms with Gasteiger partial charge in [-0.05, 0) is 0 Å². The fraction of sp³-hybridized carbons (Fsp3) is 0.600. The van der Waals surface area contributed by atoms with E-state index in [2.05, 4.69) is 20.5 Å². The van der Waals surface area contributed by atoms with E-state index >= 15 is 0 Å². The van der Waals surface area contributed by atoms with Crippen molar-refractivity contribution in [3.05, 3.63) is 0 Å². The average molecular weight is 158 g/mol. The topological polar surface area (TPSA) is 88.7 Å². The van der Waals surface area contributed by atoms with Crippen molar-refractivity contribution >= 4 is 11.9 Å². The second-order valence-corrected chi connectivity index (χ2v) is 2.05. The number of ether oxygens (including phenoxy) is 1. The fourth-order valence-corrected chi connectivity index (χ4v) is 0.802. The van der Waals surface area contributed by atoms with Gasteiger partial charge in [0.15, 0.2) is 0 Å². The number of esters is 1. The minimum atomic E-state index is -0.397. The third kappa shape index (κ3) is 1.58. The number of hydrogen-bond acceptors (Lipinski definition) is 6. The molecule has 6 nitrogen and oxygen atoms in total. The maximum Gasteiger partial charge on any atom is 0.330 e. The SMILES string of the molecule is COC(=O)C1CN=C(NN)N1. The van der Waals surface area contributed by atoms with Gasteiger partial charge in [0.1, 0.15) is 6.04 Å². The molecule has 0 aliphatic carbocycles. The Morgan fingerprint density at radius 1 is 2.00 bits per heavy atom. The summed E-state index contributed by atoms with van der Waals surface area (Å²) in [7, 11) is 1.33. The summed E-state index contributed by atoms with van der Waals surface area (Å²) >= 11 is 0. The van der Waals surface area contributed by atoms with Crippen LogP contribution in [-0.4, -0.2) is 31.6 Å². The molecule has 0 spiro atoms. The lowest BCUT2D eigenvalue weighted by molar-refractivity contribution is -0.142. The first-order valence-electron chi connectivity index (χ1n) is 3.13. The number of methoxy groups -OCH3 is 1. The quantitative estimate of drug-likeness (QED) is 0.232. The van der Waals surface area contributed by atoms with Crippen molar-refractivity contribution in [1.82, 2.24) is 10.7 Å². The van der Waals surface area contributed by atoms with Crippen molar-refractivity contribution in [2.75, 3.05) is 13.7 Å². The van der Waals surface area contributed by atoms with E-state index in [1.54, 1.807) is 0 Å². The van der Waals surface area contributed by atoms with Crippen molar-refractivity contribution in [1.29, 1.82) is 0 Å². The summed E-state index contributed by atoms with van der Waals surface area (Å²) in [6, 6.07) is -0.397. The van der Waals surface area contributed by atoms with Crippen molar-refractivity contribution in [2.45, 2.75) is 6.04 Å². The summed E-state index contributed by atoms with van der Waals surface area (Å²) in [6.07, 6.45) is 0. The Morgan fingerprint density at radius 3 is 3.18 bits per heavy atom. The summed E-state index contributed by atoms with van der Waals surface area (Å²) in [5.41, 5.74) is 2.30. The van der Waals surface area contributed by atoms with Crippen LogP contribution in [0.5, 0.6) is 0 Å². The molecule has 1 atom stereocenters. The zero-order chi connectivity index (χ0) is 8.27. The molecule has 1 rings (SSSR count). The number of nitrogens with one attached hydrogen (secondary N) is 2. The van der Waals surface area contributed by atoms with E-state index in [0.717, 1.165) is 0 Å². The molecule has 0 fully saturated rings. The molecule has 1 unspecified atom stereocenters. The molecule has 0 radical (unpaired) electrons. The summed E-state index contributed by atoms with van der Waals surface area (Å²) < 4.78 is 4.48. The average Bonchev–Trinajstić information content (AvgIpc) is 2.50. The third-order valence-corrected chi connectivity index (χ3v) is 1.37. The number of rotatable bonds is 1. The van der Waals surface area contributed by atoms with Crippen molar-refractivity contribution in [3.63, 3.8) is 0 Å². The van der Waals surface area contributed by atoms with Gasteiger partial charge in [-0.15, -0.1) is 0 Å². The molecule has 0 amide bonds. The standard InChI is InChI=1S/C5H10N4O2/c1-11-4(10)3-2-7-5(8-3)9-6/h3H,2,6H2,1H3,(H2,7,8,9). The first kappa shape index (κ1) is 7.80. The van der Waals surface area contributed by atoms with Gasteiger partial charge in [0.05, 0.1) is 13.7 Å². The molecule has 1 heterocycles. The van der Waals surface area contributed by atoms with E-state index in [1.807, 2.05) is 0 Å². The zero-order valence-corrected chi connectivity index (χ0v) is 6.13. The second kappa shape index (κ2) is 3.20. The lowest BCUT2D eigenvalue weighted by atomic mass is 10.3. The van der Waals surface area contributed by atoms with Crippen LogP contribution in [0.4, 0.5) is 0 Å². The maximum absolute atomic E-state index is 10.8. The molecule has 0 aromatic carbocycles. The predicted octanol–water partition coefficient (Wildman–Crippen LogP) is -2.05. The molecule has 1 aliphatic rings. The van der Waals surface area contributed by atoms with Gasteiger partial charge in [0.2, 0.25) is 5.96 Å². The van der Waals surface area contributed by atoms with Crippen molar-refractivity contribution < 1.29 is 9.53 Å². The van der Waals surface area contributed by atoms with E-state index in [0.29, 0.717) is 12.5 Å². The molecule has 6 heteroatoms. The highest BCUT2D eigenvalue weighted by Gasteiger charge is 2.24. The van der Waals surface area contributed by atoms with Crippen molar-refractivity contribution in [2.24, 2.45) is 10.8 Å². The zero-order valence-electron chi connectivity index (χ0n) is 6.13. The molecule has 0 aromatic heterocycles. The number of aliphatic imine (C=N–C) groups is 1. The van der Waals surface area contributed by atoms with Gasteiger partial charge in [-0.3, -0.25) is 5.43 Å². The van der Waals surface area contributed by atoms with Gasteiger partial charge >= 0.3 is 5.97 Å². The van der Waals surface area contributed by atoms with Gasteiger partial charge in [-0.2, -0.15) is 0 Å². The Kier molecular flexibility index (Phi) is 2.27. The summed E-state index contributed by atoms with van der Waals surface area (Å²) in [6.45, 7) is 0.367. The molecular weight excluding hydrogens is 148 g/mol. The van der Waals surface area contributed by atoms with Gasteiger partial charge in [-0.25, -0.2) is 15.6 Å². The molecule has 1 aliphatic heterocycles. The molecule has 0 bridgehead atoms. The number of carbonyl (C=O) groups excluding carboxylic acids is 1. The van der Waals surface area contributed by atoms with Crippen LogP contribution in [0.15, 0.2) is 4.99 Å². The Morgan fingerprint density at radius 2 is 2.73 bits per heavy atom. The minimum Gasteiger partial charge on any atom is -0.467 e. The third-order valence-electron chi connectivity index (χ3n) is 1.37. The number of hydrogen-bond donors (Lipinski definition) is 3. The summed E-state index contributed by atoms with van der Waals surface area (Å²) in [4.78, 5) is 14.7. The number of nitrogens with zero attached hydrogens (tertiary/aromatic N) is 1.